The van der Waals surface area contributed by atoms with Gasteiger partial charge in [0.05, 0.1) is 12.6 Å². The summed E-state index contributed by atoms with van der Waals surface area (Å²) in [5.41, 5.74) is 0. The molecule has 0 aliphatic heterocycles. The van der Waals surface area contributed by atoms with Crippen LogP contribution in [0.25, 0.3) is 0 Å². The lowest BCUT2D eigenvalue weighted by Gasteiger charge is -2.28. The number of hydrogen-bond donors (Lipinski definition) is 1. The van der Waals surface area contributed by atoms with Gasteiger partial charge in [0.25, 0.3) is 0 Å². The zero-order chi connectivity index (χ0) is 9.84. The number of carbonyl (C=O) groups excluding carboxylic acids is 1. The van der Waals surface area contributed by atoms with Gasteiger partial charge in [0.2, 0.25) is 5.91 Å². The van der Waals surface area contributed by atoms with Crippen LogP contribution in [0.5, 0.6) is 0 Å². The van der Waals surface area contributed by atoms with E-state index in [1.165, 1.54) is 12.8 Å². The highest BCUT2D eigenvalue weighted by Gasteiger charge is 2.28. The largest absolute Gasteiger partial charge is 0.394 e. The molecule has 0 aromatic rings. The fourth-order valence-corrected chi connectivity index (χ4v) is 1.56. The maximum Gasteiger partial charge on any atom is 0.219 e. The predicted octanol–water partition coefficient (Wildman–Crippen LogP) is 1.02. The van der Waals surface area contributed by atoms with Crippen LogP contribution in [0.15, 0.2) is 0 Å². The van der Waals surface area contributed by atoms with Gasteiger partial charge >= 0.3 is 0 Å². The molecule has 0 spiro atoms. The molecule has 1 amide bonds. The third kappa shape index (κ3) is 2.99. The minimum atomic E-state index is 0.0260. The first-order valence-electron chi connectivity index (χ1n) is 5.07. The number of nitrogens with zero attached hydrogens (tertiary/aromatic N) is 1. The van der Waals surface area contributed by atoms with Crippen molar-refractivity contribution in [3.8, 4) is 0 Å². The van der Waals surface area contributed by atoms with Crippen molar-refractivity contribution in [2.24, 2.45) is 5.92 Å². The third-order valence-electron chi connectivity index (χ3n) is 2.68. The van der Waals surface area contributed by atoms with Crippen molar-refractivity contribution in [3.63, 3.8) is 0 Å². The second kappa shape index (κ2) is 4.61. The monoisotopic (exact) mass is 185 g/mol. The highest BCUT2D eigenvalue weighted by molar-refractivity contribution is 5.73. The van der Waals surface area contributed by atoms with Crippen molar-refractivity contribution in [2.45, 2.75) is 39.2 Å². The van der Waals surface area contributed by atoms with E-state index in [-0.39, 0.29) is 18.6 Å². The van der Waals surface area contributed by atoms with Crippen LogP contribution in [0, 0.1) is 5.92 Å². The van der Waals surface area contributed by atoms with Gasteiger partial charge in [-0.05, 0) is 25.2 Å². The molecule has 0 unspecified atom stereocenters. The van der Waals surface area contributed by atoms with Gasteiger partial charge in [0, 0.05) is 13.5 Å². The average molecular weight is 185 g/mol. The maximum absolute atomic E-state index is 11.3. The van der Waals surface area contributed by atoms with E-state index >= 15 is 0 Å². The van der Waals surface area contributed by atoms with Crippen molar-refractivity contribution < 1.29 is 9.90 Å². The van der Waals surface area contributed by atoms with Crippen molar-refractivity contribution in [2.75, 3.05) is 13.2 Å². The van der Waals surface area contributed by atoms with Gasteiger partial charge in [-0.25, -0.2) is 0 Å². The second-order valence-corrected chi connectivity index (χ2v) is 3.86. The molecule has 0 radical (unpaired) electrons. The first kappa shape index (κ1) is 10.5. The summed E-state index contributed by atoms with van der Waals surface area (Å²) in [6, 6.07) is 0.0260. The van der Waals surface area contributed by atoms with E-state index in [4.69, 9.17) is 5.11 Å². The van der Waals surface area contributed by atoms with Gasteiger partial charge in [-0.15, -0.1) is 0 Å². The summed E-state index contributed by atoms with van der Waals surface area (Å²) >= 11 is 0. The Labute approximate surface area is 79.7 Å². The first-order chi connectivity index (χ1) is 6.19. The Morgan fingerprint density at radius 1 is 1.62 bits per heavy atom. The van der Waals surface area contributed by atoms with Crippen LogP contribution in [0.4, 0.5) is 0 Å². The Hall–Kier alpha value is -0.570. The van der Waals surface area contributed by atoms with E-state index in [9.17, 15) is 4.79 Å². The molecule has 3 nitrogen and oxygen atoms in total. The van der Waals surface area contributed by atoms with Crippen molar-refractivity contribution in [3.05, 3.63) is 0 Å². The van der Waals surface area contributed by atoms with E-state index in [1.54, 1.807) is 6.92 Å². The Morgan fingerprint density at radius 3 is 2.54 bits per heavy atom. The Morgan fingerprint density at radius 2 is 2.23 bits per heavy atom. The van der Waals surface area contributed by atoms with Crippen LogP contribution in [-0.2, 0) is 4.79 Å². The summed E-state index contributed by atoms with van der Waals surface area (Å²) < 4.78 is 0. The van der Waals surface area contributed by atoms with E-state index in [0.29, 0.717) is 5.92 Å². The van der Waals surface area contributed by atoms with Crippen molar-refractivity contribution in [1.29, 1.82) is 0 Å². The summed E-state index contributed by atoms with van der Waals surface area (Å²) in [6.07, 6.45) is 3.32. The van der Waals surface area contributed by atoms with Gasteiger partial charge < -0.3 is 10.0 Å². The highest BCUT2D eigenvalue weighted by Crippen LogP contribution is 2.30. The predicted molar refractivity (Wildman–Crippen MR) is 51.3 cm³/mol. The first-order valence-corrected chi connectivity index (χ1v) is 5.07. The van der Waals surface area contributed by atoms with Crippen molar-refractivity contribution in [1.82, 2.24) is 4.90 Å². The van der Waals surface area contributed by atoms with E-state index < -0.39 is 0 Å². The van der Waals surface area contributed by atoms with Crippen LogP contribution in [0.1, 0.15) is 33.1 Å². The SMILES string of the molecule is CC[C@@H](CO)N(CC1CC1)C(C)=O. The lowest BCUT2D eigenvalue weighted by atomic mass is 10.2. The number of carbonyl (C=O) groups is 1. The molecule has 76 valence electrons. The fourth-order valence-electron chi connectivity index (χ4n) is 1.56. The molecule has 1 aliphatic rings. The standard InChI is InChI=1S/C10H19NO2/c1-3-10(7-12)11(8(2)13)6-9-4-5-9/h9-10,12H,3-7H2,1-2H3/t10-/m0/s1. The van der Waals surface area contributed by atoms with Gasteiger partial charge in [-0.1, -0.05) is 6.92 Å². The molecule has 1 aliphatic carbocycles. The fraction of sp³-hybridized carbons (Fsp3) is 0.900. The summed E-state index contributed by atoms with van der Waals surface area (Å²) in [6.45, 7) is 4.52. The summed E-state index contributed by atoms with van der Waals surface area (Å²) in [4.78, 5) is 13.1. The molecule has 0 aromatic carbocycles. The van der Waals surface area contributed by atoms with Crippen LogP contribution >= 0.6 is 0 Å². The van der Waals surface area contributed by atoms with Gasteiger partial charge in [-0.2, -0.15) is 0 Å². The molecule has 1 N–H and O–H groups in total. The molecule has 13 heavy (non-hydrogen) atoms. The molecule has 0 aromatic heterocycles. The van der Waals surface area contributed by atoms with Gasteiger partial charge in [-0.3, -0.25) is 4.79 Å². The topological polar surface area (TPSA) is 40.5 Å². The zero-order valence-electron chi connectivity index (χ0n) is 8.49. The van der Waals surface area contributed by atoms with E-state index in [1.807, 2.05) is 11.8 Å². The van der Waals surface area contributed by atoms with Crippen LogP contribution in [-0.4, -0.2) is 35.1 Å². The summed E-state index contributed by atoms with van der Waals surface area (Å²) in [5, 5.41) is 9.08. The average Bonchev–Trinajstić information content (AvgIpc) is 2.88. The molecule has 0 heterocycles. The van der Waals surface area contributed by atoms with Crippen LogP contribution in [0.2, 0.25) is 0 Å². The van der Waals surface area contributed by atoms with E-state index in [0.717, 1.165) is 13.0 Å². The molecule has 1 saturated carbocycles. The van der Waals surface area contributed by atoms with Crippen molar-refractivity contribution >= 4 is 5.91 Å². The van der Waals surface area contributed by atoms with Crippen LogP contribution in [0.3, 0.4) is 0 Å². The van der Waals surface area contributed by atoms with Gasteiger partial charge in [0.15, 0.2) is 0 Å². The second-order valence-electron chi connectivity index (χ2n) is 3.86. The van der Waals surface area contributed by atoms with Gasteiger partial charge in [0.1, 0.15) is 0 Å². The molecule has 0 saturated heterocycles. The lowest BCUT2D eigenvalue weighted by Crippen LogP contribution is -2.42. The minimum absolute atomic E-state index is 0.0260. The highest BCUT2D eigenvalue weighted by atomic mass is 16.3. The number of rotatable bonds is 5. The minimum Gasteiger partial charge on any atom is -0.394 e. The normalized spacial score (nSPS) is 18.4. The molecular weight excluding hydrogens is 166 g/mol. The maximum atomic E-state index is 11.3. The molecule has 0 bridgehead atoms. The molecular formula is C10H19NO2. The molecule has 1 fully saturated rings. The number of hydrogen-bond acceptors (Lipinski definition) is 2. The molecule has 3 heteroatoms. The third-order valence-corrected chi connectivity index (χ3v) is 2.68. The lowest BCUT2D eigenvalue weighted by molar-refractivity contribution is -0.132. The Bertz CT molecular complexity index is 174. The quantitative estimate of drug-likeness (QED) is 0.694. The Kier molecular flexibility index (Phi) is 3.72. The number of amides is 1. The van der Waals surface area contributed by atoms with Crippen LogP contribution < -0.4 is 0 Å². The summed E-state index contributed by atoms with van der Waals surface area (Å²) in [7, 11) is 0. The zero-order valence-corrected chi connectivity index (χ0v) is 8.49. The van der Waals surface area contributed by atoms with E-state index in [2.05, 4.69) is 0 Å². The number of aliphatic hydroxyl groups is 1. The molecule has 1 atom stereocenters. The summed E-state index contributed by atoms with van der Waals surface area (Å²) in [5.74, 6) is 0.789. The molecule has 1 rings (SSSR count). The smallest absolute Gasteiger partial charge is 0.219 e. The Balaban J connectivity index is 2.47. The number of aliphatic hydroxyl groups excluding tert-OH is 1.